The number of hydrogen-bond donors (Lipinski definition) is 2. The number of thiol groups is 1. The molecule has 0 aliphatic carbocycles. The van der Waals surface area contributed by atoms with Gasteiger partial charge in [0, 0.05) is 13.0 Å². The van der Waals surface area contributed by atoms with E-state index in [1.54, 1.807) is 0 Å². The smallest absolute Gasteiger partial charge is 0.130 e. The summed E-state index contributed by atoms with van der Waals surface area (Å²) in [7, 11) is 0. The van der Waals surface area contributed by atoms with E-state index in [-0.39, 0.29) is 0 Å². The normalized spacial score (nSPS) is 9.33. The van der Waals surface area contributed by atoms with Crippen LogP contribution < -0.4 is 5.32 Å². The van der Waals surface area contributed by atoms with Crippen molar-refractivity contribution in [2.24, 2.45) is 0 Å². The summed E-state index contributed by atoms with van der Waals surface area (Å²) in [6, 6.07) is 10.2. The molecule has 0 saturated carbocycles. The fraction of sp³-hybridized carbons (Fsp3) is 0.273. The summed E-state index contributed by atoms with van der Waals surface area (Å²) < 4.78 is 0.491. The third-order valence-corrected chi connectivity index (χ3v) is 2.36. The van der Waals surface area contributed by atoms with Crippen molar-refractivity contribution < 1.29 is 0 Å². The van der Waals surface area contributed by atoms with Crippen molar-refractivity contribution in [2.45, 2.75) is 19.4 Å². The lowest BCUT2D eigenvalue weighted by atomic mass is 10.0. The van der Waals surface area contributed by atoms with Crippen LogP contribution in [0.15, 0.2) is 24.3 Å². The SMILES string of the molecule is N#CCCc1ccccc1CNC(=S)S. The highest BCUT2D eigenvalue weighted by molar-refractivity contribution is 8.11. The molecular formula is C11H12N2S2. The topological polar surface area (TPSA) is 35.8 Å². The molecule has 1 rings (SSSR count). The zero-order valence-corrected chi connectivity index (χ0v) is 9.94. The Bertz CT molecular complexity index is 382. The third kappa shape index (κ3) is 4.32. The van der Waals surface area contributed by atoms with Gasteiger partial charge in [0.25, 0.3) is 0 Å². The van der Waals surface area contributed by atoms with Gasteiger partial charge in [-0.25, -0.2) is 0 Å². The van der Waals surface area contributed by atoms with Crippen LogP contribution in [-0.4, -0.2) is 4.32 Å². The molecule has 0 fully saturated rings. The Kier molecular flexibility index (Phi) is 5.16. The average Bonchev–Trinajstić information content (AvgIpc) is 2.24. The number of aryl methyl sites for hydroxylation is 1. The lowest BCUT2D eigenvalue weighted by Gasteiger charge is -2.08. The first kappa shape index (κ1) is 12.0. The first-order chi connectivity index (χ1) is 7.24. The van der Waals surface area contributed by atoms with Gasteiger partial charge in [0.05, 0.1) is 6.07 Å². The monoisotopic (exact) mass is 236 g/mol. The summed E-state index contributed by atoms with van der Waals surface area (Å²) in [6.45, 7) is 0.671. The second kappa shape index (κ2) is 6.44. The van der Waals surface area contributed by atoms with Crippen molar-refractivity contribution in [1.29, 1.82) is 5.26 Å². The molecular weight excluding hydrogens is 224 g/mol. The van der Waals surface area contributed by atoms with Gasteiger partial charge < -0.3 is 5.32 Å². The van der Waals surface area contributed by atoms with Gasteiger partial charge in [-0.3, -0.25) is 0 Å². The minimum Gasteiger partial charge on any atom is -0.367 e. The summed E-state index contributed by atoms with van der Waals surface area (Å²) in [4.78, 5) is 0. The number of nitriles is 1. The Hall–Kier alpha value is -1.05. The summed E-state index contributed by atoms with van der Waals surface area (Å²) in [5.41, 5.74) is 2.36. The number of nitrogens with zero attached hydrogens (tertiary/aromatic N) is 1. The van der Waals surface area contributed by atoms with Crippen molar-refractivity contribution in [1.82, 2.24) is 5.32 Å². The lowest BCUT2D eigenvalue weighted by Crippen LogP contribution is -2.16. The van der Waals surface area contributed by atoms with E-state index in [1.165, 1.54) is 11.1 Å². The molecule has 0 bridgehead atoms. The summed E-state index contributed by atoms with van der Waals surface area (Å²) in [6.07, 6.45) is 1.33. The predicted octanol–water partition coefficient (Wildman–Crippen LogP) is 2.45. The van der Waals surface area contributed by atoms with E-state index < -0.39 is 0 Å². The van der Waals surface area contributed by atoms with Crippen LogP contribution in [0.25, 0.3) is 0 Å². The first-order valence-corrected chi connectivity index (χ1v) is 5.50. The molecule has 2 nitrogen and oxygen atoms in total. The Morgan fingerprint density at radius 3 is 2.67 bits per heavy atom. The summed E-state index contributed by atoms with van der Waals surface area (Å²) in [5.74, 6) is 0. The molecule has 15 heavy (non-hydrogen) atoms. The molecule has 0 unspecified atom stereocenters. The predicted molar refractivity (Wildman–Crippen MR) is 68.8 cm³/mol. The van der Waals surface area contributed by atoms with Crippen molar-refractivity contribution in [3.8, 4) is 6.07 Å². The zero-order valence-electron chi connectivity index (χ0n) is 8.23. The van der Waals surface area contributed by atoms with Gasteiger partial charge in [-0.2, -0.15) is 5.26 Å². The van der Waals surface area contributed by atoms with E-state index in [1.807, 2.05) is 24.3 Å². The van der Waals surface area contributed by atoms with Crippen molar-refractivity contribution in [2.75, 3.05) is 0 Å². The number of benzene rings is 1. The molecule has 0 heterocycles. The van der Waals surface area contributed by atoms with E-state index in [0.29, 0.717) is 17.3 Å². The summed E-state index contributed by atoms with van der Waals surface area (Å²) in [5, 5.41) is 11.5. The minimum absolute atomic E-state index is 0.491. The second-order valence-corrected chi connectivity index (χ2v) is 4.24. The Morgan fingerprint density at radius 2 is 2.07 bits per heavy atom. The fourth-order valence-electron chi connectivity index (χ4n) is 1.34. The van der Waals surface area contributed by atoms with Gasteiger partial charge in [-0.1, -0.05) is 36.5 Å². The van der Waals surface area contributed by atoms with Crippen LogP contribution >= 0.6 is 24.8 Å². The Labute approximate surface area is 101 Å². The van der Waals surface area contributed by atoms with Gasteiger partial charge in [0.1, 0.15) is 4.32 Å². The van der Waals surface area contributed by atoms with Crippen molar-refractivity contribution in [3.05, 3.63) is 35.4 Å². The van der Waals surface area contributed by atoms with E-state index >= 15 is 0 Å². The zero-order chi connectivity index (χ0) is 11.1. The molecule has 1 aromatic rings. The minimum atomic E-state index is 0.491. The van der Waals surface area contributed by atoms with Crippen molar-refractivity contribution >= 4 is 29.2 Å². The van der Waals surface area contributed by atoms with Crippen LogP contribution in [0.5, 0.6) is 0 Å². The molecule has 0 amide bonds. The largest absolute Gasteiger partial charge is 0.367 e. The summed E-state index contributed by atoms with van der Waals surface area (Å²) >= 11 is 8.83. The molecule has 1 aromatic carbocycles. The molecule has 0 aromatic heterocycles. The molecule has 4 heteroatoms. The van der Waals surface area contributed by atoms with Crippen LogP contribution in [0.2, 0.25) is 0 Å². The van der Waals surface area contributed by atoms with Gasteiger partial charge in [0.15, 0.2) is 0 Å². The first-order valence-electron chi connectivity index (χ1n) is 4.64. The van der Waals surface area contributed by atoms with Gasteiger partial charge in [-0.05, 0) is 17.5 Å². The molecule has 0 saturated heterocycles. The van der Waals surface area contributed by atoms with Crippen LogP contribution in [-0.2, 0) is 13.0 Å². The third-order valence-electron chi connectivity index (χ3n) is 2.05. The van der Waals surface area contributed by atoms with E-state index in [4.69, 9.17) is 17.5 Å². The highest BCUT2D eigenvalue weighted by atomic mass is 32.1. The number of rotatable bonds is 4. The maximum absolute atomic E-state index is 8.54. The van der Waals surface area contributed by atoms with Crippen LogP contribution in [0.1, 0.15) is 17.5 Å². The highest BCUT2D eigenvalue weighted by Crippen LogP contribution is 2.10. The quantitative estimate of drug-likeness (QED) is 0.622. The standard InChI is InChI=1S/C11H12N2S2/c12-7-3-6-9-4-1-2-5-10(9)8-13-11(14)15/h1-2,4-5H,3,6,8H2,(H2,13,14,15). The van der Waals surface area contributed by atoms with Crippen molar-refractivity contribution in [3.63, 3.8) is 0 Å². The van der Waals surface area contributed by atoms with Crippen LogP contribution in [0, 0.1) is 11.3 Å². The molecule has 0 spiro atoms. The van der Waals surface area contributed by atoms with Gasteiger partial charge in [0.2, 0.25) is 0 Å². The average molecular weight is 236 g/mol. The fourth-order valence-corrected chi connectivity index (χ4v) is 1.49. The lowest BCUT2D eigenvalue weighted by molar-refractivity contribution is 0.895. The number of thiocarbonyl (C=S) groups is 1. The van der Waals surface area contributed by atoms with Gasteiger partial charge >= 0.3 is 0 Å². The Morgan fingerprint density at radius 1 is 1.40 bits per heavy atom. The van der Waals surface area contributed by atoms with Gasteiger partial charge in [-0.15, -0.1) is 12.6 Å². The molecule has 0 aliphatic heterocycles. The maximum atomic E-state index is 8.54. The Balaban J connectivity index is 2.68. The second-order valence-electron chi connectivity index (χ2n) is 3.09. The van der Waals surface area contributed by atoms with Crippen LogP contribution in [0.3, 0.4) is 0 Å². The van der Waals surface area contributed by atoms with E-state index in [9.17, 15) is 0 Å². The van der Waals surface area contributed by atoms with E-state index in [2.05, 4.69) is 24.0 Å². The number of nitrogens with one attached hydrogen (secondary N) is 1. The number of hydrogen-bond acceptors (Lipinski definition) is 2. The molecule has 1 N–H and O–H groups in total. The highest BCUT2D eigenvalue weighted by Gasteiger charge is 2.01. The maximum Gasteiger partial charge on any atom is 0.130 e. The molecule has 78 valence electrons. The molecule has 0 aliphatic rings. The molecule has 0 radical (unpaired) electrons. The molecule has 0 atom stereocenters. The van der Waals surface area contributed by atoms with E-state index in [0.717, 1.165) is 6.42 Å². The van der Waals surface area contributed by atoms with Crippen LogP contribution in [0.4, 0.5) is 0 Å².